The van der Waals surface area contributed by atoms with Crippen LogP contribution in [0.5, 0.6) is 11.5 Å². The number of aromatic nitrogens is 1. The number of hydrogen-bond donors (Lipinski definition) is 2. The molecule has 0 aliphatic heterocycles. The fourth-order valence-electron chi connectivity index (χ4n) is 2.79. The van der Waals surface area contributed by atoms with E-state index in [1.807, 2.05) is 18.2 Å². The van der Waals surface area contributed by atoms with Crippen molar-refractivity contribution in [1.82, 2.24) is 10.3 Å². The minimum absolute atomic E-state index is 0.0321. The Morgan fingerprint density at radius 1 is 1.03 bits per heavy atom. The number of nitrogens with two attached hydrogens (primary N) is 1. The van der Waals surface area contributed by atoms with E-state index in [2.05, 4.69) is 10.3 Å². The molecule has 0 radical (unpaired) electrons. The number of carbonyl (C=O) groups excluding carboxylic acids is 1. The molecule has 0 atom stereocenters. The summed E-state index contributed by atoms with van der Waals surface area (Å²) in [7, 11) is 0. The molecule has 3 N–H and O–H groups in total. The Labute approximate surface area is 171 Å². The van der Waals surface area contributed by atoms with E-state index in [0.717, 1.165) is 17.7 Å². The first kappa shape index (κ1) is 21.3. The number of nitrogens with zero attached hydrogens (tertiary/aromatic N) is 1. The third-order valence-corrected chi connectivity index (χ3v) is 4.28. The van der Waals surface area contributed by atoms with Crippen LogP contribution in [0.3, 0.4) is 0 Å². The molecule has 0 saturated heterocycles. The molecule has 1 amide bonds. The Kier molecular flexibility index (Phi) is 6.68. The first-order valence-electron chi connectivity index (χ1n) is 9.22. The highest BCUT2D eigenvalue weighted by Crippen LogP contribution is 2.29. The lowest BCUT2D eigenvalue weighted by atomic mass is 10.1. The monoisotopic (exact) mass is 415 g/mol. The van der Waals surface area contributed by atoms with Crippen LogP contribution in [0, 0.1) is 0 Å². The summed E-state index contributed by atoms with van der Waals surface area (Å²) in [5.41, 5.74) is 6.31. The summed E-state index contributed by atoms with van der Waals surface area (Å²) >= 11 is 0. The summed E-state index contributed by atoms with van der Waals surface area (Å²) < 4.78 is 44.2. The van der Waals surface area contributed by atoms with Crippen LogP contribution in [0.25, 0.3) is 0 Å². The van der Waals surface area contributed by atoms with Gasteiger partial charge in [-0.3, -0.25) is 9.78 Å². The maximum Gasteiger partial charge on any atom is 0.416 e. The molecule has 1 heterocycles. The Bertz CT molecular complexity index is 1020. The summed E-state index contributed by atoms with van der Waals surface area (Å²) in [6.07, 6.45) is -2.38. The molecule has 0 aliphatic carbocycles. The summed E-state index contributed by atoms with van der Waals surface area (Å²) in [6.45, 7) is 0.577. The molecule has 5 nitrogen and oxygen atoms in total. The number of ether oxygens (including phenoxy) is 1. The van der Waals surface area contributed by atoms with Crippen LogP contribution in [0.15, 0.2) is 66.9 Å². The van der Waals surface area contributed by atoms with Gasteiger partial charge in [-0.2, -0.15) is 13.2 Å². The molecule has 0 spiro atoms. The average molecular weight is 415 g/mol. The molecule has 8 heteroatoms. The molecule has 0 bridgehead atoms. The van der Waals surface area contributed by atoms with Gasteiger partial charge in [0.1, 0.15) is 11.5 Å². The van der Waals surface area contributed by atoms with Crippen molar-refractivity contribution in [2.75, 3.05) is 6.54 Å². The molecule has 2 aromatic carbocycles. The first-order chi connectivity index (χ1) is 14.3. The van der Waals surface area contributed by atoms with Crippen LogP contribution in [0.1, 0.15) is 27.2 Å². The highest BCUT2D eigenvalue weighted by Gasteiger charge is 2.30. The number of amides is 1. The predicted octanol–water partition coefficient (Wildman–Crippen LogP) is 4.32. The number of hydrogen-bond acceptors (Lipinski definition) is 4. The van der Waals surface area contributed by atoms with E-state index in [9.17, 15) is 18.0 Å². The molecule has 156 valence electrons. The second-order valence-electron chi connectivity index (χ2n) is 6.52. The number of rotatable bonds is 7. The molecular weight excluding hydrogens is 395 g/mol. The topological polar surface area (TPSA) is 77.2 Å². The smallest absolute Gasteiger partial charge is 0.416 e. The van der Waals surface area contributed by atoms with Gasteiger partial charge in [0.15, 0.2) is 0 Å². The number of halogens is 3. The zero-order chi connectivity index (χ0) is 21.6. The van der Waals surface area contributed by atoms with Crippen LogP contribution in [0.2, 0.25) is 0 Å². The van der Waals surface area contributed by atoms with Gasteiger partial charge in [-0.15, -0.1) is 0 Å². The highest BCUT2D eigenvalue weighted by molar-refractivity contribution is 5.94. The summed E-state index contributed by atoms with van der Waals surface area (Å²) in [6, 6.07) is 15.1. The van der Waals surface area contributed by atoms with Crippen molar-refractivity contribution < 1.29 is 22.7 Å². The third-order valence-electron chi connectivity index (χ3n) is 4.28. The lowest BCUT2D eigenvalue weighted by Crippen LogP contribution is -2.26. The lowest BCUT2D eigenvalue weighted by Gasteiger charge is -2.10. The van der Waals surface area contributed by atoms with E-state index in [1.165, 1.54) is 12.1 Å². The van der Waals surface area contributed by atoms with Crippen LogP contribution in [-0.2, 0) is 19.1 Å². The Balaban J connectivity index is 1.57. The maximum absolute atomic E-state index is 12.8. The lowest BCUT2D eigenvalue weighted by molar-refractivity contribution is -0.137. The van der Waals surface area contributed by atoms with Crippen molar-refractivity contribution in [2.45, 2.75) is 19.1 Å². The van der Waals surface area contributed by atoms with Gasteiger partial charge in [0.2, 0.25) is 0 Å². The normalized spacial score (nSPS) is 11.2. The molecule has 30 heavy (non-hydrogen) atoms. The van der Waals surface area contributed by atoms with Gasteiger partial charge in [0.25, 0.3) is 5.91 Å². The molecule has 0 unspecified atom stereocenters. The average Bonchev–Trinajstić information content (AvgIpc) is 2.73. The molecule has 1 aromatic heterocycles. The largest absolute Gasteiger partial charge is 0.457 e. The fourth-order valence-corrected chi connectivity index (χ4v) is 2.79. The number of benzene rings is 2. The third kappa shape index (κ3) is 5.81. The minimum Gasteiger partial charge on any atom is -0.457 e. The van der Waals surface area contributed by atoms with E-state index in [4.69, 9.17) is 10.5 Å². The van der Waals surface area contributed by atoms with E-state index in [0.29, 0.717) is 30.2 Å². The summed E-state index contributed by atoms with van der Waals surface area (Å²) in [5.74, 6) is 0.672. The van der Waals surface area contributed by atoms with E-state index in [1.54, 1.807) is 24.4 Å². The van der Waals surface area contributed by atoms with Crippen molar-refractivity contribution >= 4 is 5.91 Å². The van der Waals surface area contributed by atoms with Crippen LogP contribution < -0.4 is 15.8 Å². The van der Waals surface area contributed by atoms with E-state index < -0.39 is 17.6 Å². The van der Waals surface area contributed by atoms with Gasteiger partial charge in [-0.05, 0) is 48.4 Å². The van der Waals surface area contributed by atoms with Gasteiger partial charge < -0.3 is 15.8 Å². The van der Waals surface area contributed by atoms with Crippen molar-refractivity contribution in [3.63, 3.8) is 0 Å². The van der Waals surface area contributed by atoms with Gasteiger partial charge >= 0.3 is 6.18 Å². The number of carbonyl (C=O) groups is 1. The highest BCUT2D eigenvalue weighted by atomic mass is 19.4. The Hall–Kier alpha value is -3.39. The number of nitrogens with one attached hydrogen (secondary N) is 1. The zero-order valence-electron chi connectivity index (χ0n) is 15.9. The quantitative estimate of drug-likeness (QED) is 0.602. The van der Waals surface area contributed by atoms with E-state index >= 15 is 0 Å². The van der Waals surface area contributed by atoms with Crippen LogP contribution in [-0.4, -0.2) is 17.4 Å². The predicted molar refractivity (Wildman–Crippen MR) is 106 cm³/mol. The Morgan fingerprint density at radius 2 is 1.80 bits per heavy atom. The molecule has 0 aliphatic rings. The van der Waals surface area contributed by atoms with Crippen molar-refractivity contribution in [2.24, 2.45) is 5.73 Å². The summed E-state index contributed by atoms with van der Waals surface area (Å²) in [5, 5.41) is 2.64. The second kappa shape index (κ2) is 9.41. The first-order valence-corrected chi connectivity index (χ1v) is 9.22. The molecule has 3 rings (SSSR count). The second-order valence-corrected chi connectivity index (χ2v) is 6.52. The van der Waals surface area contributed by atoms with Crippen LogP contribution >= 0.6 is 0 Å². The van der Waals surface area contributed by atoms with Crippen molar-refractivity contribution in [3.8, 4) is 11.5 Å². The Morgan fingerprint density at radius 3 is 2.57 bits per heavy atom. The van der Waals surface area contributed by atoms with Crippen LogP contribution in [0.4, 0.5) is 13.2 Å². The van der Waals surface area contributed by atoms with Gasteiger partial charge in [0, 0.05) is 30.9 Å². The van der Waals surface area contributed by atoms with Crippen molar-refractivity contribution in [1.29, 1.82) is 0 Å². The maximum atomic E-state index is 12.8. The molecule has 3 aromatic rings. The van der Waals surface area contributed by atoms with Gasteiger partial charge in [-0.25, -0.2) is 0 Å². The molecule has 0 fully saturated rings. The summed E-state index contributed by atoms with van der Waals surface area (Å²) in [4.78, 5) is 16.3. The minimum atomic E-state index is -4.49. The number of alkyl halides is 3. The van der Waals surface area contributed by atoms with Gasteiger partial charge in [-0.1, -0.05) is 18.2 Å². The van der Waals surface area contributed by atoms with Gasteiger partial charge in [0.05, 0.1) is 11.3 Å². The molecular formula is C22H20F3N3O2. The standard InChI is InChI=1S/C22H20F3N3O2/c23-22(24,25)17-5-2-4-16(12-17)21(29)28-9-7-15-3-1-6-19(11-15)30-20-8-10-27-18(13-20)14-26/h1-6,8,10-13H,7,9,14,26H2,(H,28,29). The van der Waals surface area contributed by atoms with Crippen molar-refractivity contribution in [3.05, 3.63) is 89.2 Å². The molecule has 0 saturated carbocycles. The fraction of sp³-hybridized carbons (Fsp3) is 0.182. The number of pyridine rings is 1. The SMILES string of the molecule is NCc1cc(Oc2cccc(CCNC(=O)c3cccc(C(F)(F)F)c3)c2)ccn1. The van der Waals surface area contributed by atoms with E-state index in [-0.39, 0.29) is 12.1 Å². The zero-order valence-corrected chi connectivity index (χ0v) is 15.9.